The fraction of sp³-hybridized carbons (Fsp3) is 0.923. The van der Waals surface area contributed by atoms with Crippen molar-refractivity contribution in [3.63, 3.8) is 0 Å². The van der Waals surface area contributed by atoms with Gasteiger partial charge in [0, 0.05) is 0 Å². The maximum atomic E-state index is 11.3. The summed E-state index contributed by atoms with van der Waals surface area (Å²) in [6.07, 6.45) is -2.02. The minimum absolute atomic E-state index is 0.116. The lowest BCUT2D eigenvalue weighted by Gasteiger charge is -2.40. The van der Waals surface area contributed by atoms with Crippen molar-refractivity contribution in [2.45, 2.75) is 63.3 Å². The van der Waals surface area contributed by atoms with E-state index in [1.165, 1.54) is 0 Å². The molecule has 7 heteroatoms. The molecule has 2 N–H and O–H groups in total. The Bertz CT molecular complexity index is 381. The number of hydrogen-bond donors (Lipinski definition) is 2. The zero-order valence-corrected chi connectivity index (χ0v) is 13.8. The molecule has 4 atom stereocenters. The highest BCUT2D eigenvalue weighted by atomic mass is 28.4. The first-order chi connectivity index (χ1) is 9.12. The average molecular weight is 303 g/mol. The Hall–Kier alpha value is -0.633. The summed E-state index contributed by atoms with van der Waals surface area (Å²) in [5.41, 5.74) is 0. The van der Waals surface area contributed by atoms with Crippen LogP contribution >= 0.6 is 0 Å². The molecule has 0 bridgehead atoms. The van der Waals surface area contributed by atoms with Crippen LogP contribution in [0.5, 0.6) is 0 Å². The van der Waals surface area contributed by atoms with Crippen LogP contribution in [-0.4, -0.2) is 57.1 Å². The van der Waals surface area contributed by atoms with Gasteiger partial charge in [-0.15, -0.1) is 0 Å². The monoisotopic (exact) mass is 303 g/mol. The predicted molar refractivity (Wildman–Crippen MR) is 76.1 cm³/mol. The first-order valence-corrected chi connectivity index (χ1v) is 9.93. The van der Waals surface area contributed by atoms with Crippen molar-refractivity contribution in [2.24, 2.45) is 0 Å². The summed E-state index contributed by atoms with van der Waals surface area (Å²) >= 11 is 0. The van der Waals surface area contributed by atoms with Gasteiger partial charge in [-0.2, -0.15) is 0 Å². The van der Waals surface area contributed by atoms with Crippen LogP contribution in [0.15, 0.2) is 0 Å². The summed E-state index contributed by atoms with van der Waals surface area (Å²) in [6.45, 7) is 11.4. The van der Waals surface area contributed by atoms with Gasteiger partial charge in [-0.3, -0.25) is 0 Å². The van der Waals surface area contributed by atoms with Gasteiger partial charge in [0.1, 0.15) is 18.2 Å². The topological polar surface area (TPSA) is 77.0 Å². The van der Waals surface area contributed by atoms with Crippen molar-refractivity contribution in [3.8, 4) is 0 Å². The molecule has 20 heavy (non-hydrogen) atoms. The van der Waals surface area contributed by atoms with Gasteiger partial charge in [0.2, 0.25) is 0 Å². The van der Waals surface area contributed by atoms with Gasteiger partial charge in [0.15, 0.2) is 14.4 Å². The van der Waals surface area contributed by atoms with E-state index in [9.17, 15) is 9.90 Å². The Labute approximate surface area is 120 Å². The third kappa shape index (κ3) is 3.00. The zero-order valence-electron chi connectivity index (χ0n) is 12.8. The van der Waals surface area contributed by atoms with E-state index >= 15 is 0 Å². The highest BCUT2D eigenvalue weighted by Gasteiger charge is 2.48. The lowest BCUT2D eigenvalue weighted by atomic mass is 9.99. The van der Waals surface area contributed by atoms with Gasteiger partial charge in [-0.05, 0) is 18.1 Å². The maximum absolute atomic E-state index is 11.3. The summed E-state index contributed by atoms with van der Waals surface area (Å²) in [6, 6.07) is -0.399. The van der Waals surface area contributed by atoms with Crippen molar-refractivity contribution >= 4 is 14.4 Å². The van der Waals surface area contributed by atoms with Gasteiger partial charge >= 0.3 is 6.09 Å². The number of rotatable bonds is 3. The van der Waals surface area contributed by atoms with E-state index in [0.29, 0.717) is 6.61 Å². The summed E-state index contributed by atoms with van der Waals surface area (Å²) in [5, 5.41) is 12.6. The molecule has 2 fully saturated rings. The second kappa shape index (κ2) is 5.29. The SMILES string of the molecule is CC(C)(C)[Si](C)(C)OC[C@H]1OC[C@@H](O)[C@H]2NC(=O)O[C@H]21. The normalized spacial score (nSPS) is 34.4. The Morgan fingerprint density at radius 3 is 2.70 bits per heavy atom. The van der Waals surface area contributed by atoms with E-state index in [1.807, 2.05) is 0 Å². The van der Waals surface area contributed by atoms with E-state index in [1.54, 1.807) is 0 Å². The van der Waals surface area contributed by atoms with Crippen LogP contribution in [0, 0.1) is 0 Å². The van der Waals surface area contributed by atoms with Crippen molar-refractivity contribution in [1.29, 1.82) is 0 Å². The average Bonchev–Trinajstić information content (AvgIpc) is 2.69. The number of nitrogens with one attached hydrogen (secondary N) is 1. The largest absolute Gasteiger partial charge is 0.441 e. The molecular formula is C13H25NO5Si. The van der Waals surface area contributed by atoms with Gasteiger partial charge in [-0.25, -0.2) is 4.79 Å². The maximum Gasteiger partial charge on any atom is 0.408 e. The molecule has 0 radical (unpaired) electrons. The van der Waals surface area contributed by atoms with Crippen molar-refractivity contribution in [2.75, 3.05) is 13.2 Å². The van der Waals surface area contributed by atoms with Crippen LogP contribution in [0.2, 0.25) is 18.1 Å². The first kappa shape index (κ1) is 15.8. The van der Waals surface area contributed by atoms with Gasteiger partial charge in [-0.1, -0.05) is 20.8 Å². The highest BCUT2D eigenvalue weighted by Crippen LogP contribution is 2.37. The molecule has 0 saturated carbocycles. The number of aliphatic hydroxyl groups excluding tert-OH is 1. The second-order valence-electron chi connectivity index (χ2n) is 7.05. The zero-order chi connectivity index (χ0) is 15.1. The van der Waals surface area contributed by atoms with Crippen LogP contribution in [0.3, 0.4) is 0 Å². The third-order valence-corrected chi connectivity index (χ3v) is 9.06. The van der Waals surface area contributed by atoms with Crippen LogP contribution in [0.4, 0.5) is 4.79 Å². The number of amides is 1. The Kier molecular flexibility index (Phi) is 4.16. The molecule has 0 aromatic carbocycles. The van der Waals surface area contributed by atoms with E-state index in [-0.39, 0.29) is 17.7 Å². The molecule has 0 spiro atoms. The summed E-state index contributed by atoms with van der Waals surface area (Å²) in [7, 11) is -1.87. The fourth-order valence-corrected chi connectivity index (χ4v) is 3.16. The fourth-order valence-electron chi connectivity index (χ4n) is 2.14. The smallest absolute Gasteiger partial charge is 0.408 e. The number of hydrogen-bond acceptors (Lipinski definition) is 5. The molecule has 6 nitrogen and oxygen atoms in total. The third-order valence-electron chi connectivity index (χ3n) is 4.56. The number of carbonyl (C=O) groups is 1. The first-order valence-electron chi connectivity index (χ1n) is 7.02. The van der Waals surface area contributed by atoms with Crippen LogP contribution in [0.25, 0.3) is 0 Å². The molecular weight excluding hydrogens is 278 g/mol. The van der Waals surface area contributed by atoms with Crippen molar-refractivity contribution < 1.29 is 23.8 Å². The van der Waals surface area contributed by atoms with Gasteiger partial charge in [0.05, 0.1) is 13.2 Å². The lowest BCUT2D eigenvalue weighted by molar-refractivity contribution is -0.132. The van der Waals surface area contributed by atoms with Crippen LogP contribution < -0.4 is 5.32 Å². The Morgan fingerprint density at radius 1 is 1.45 bits per heavy atom. The molecule has 0 unspecified atom stereocenters. The van der Waals surface area contributed by atoms with Gasteiger partial charge < -0.3 is 24.3 Å². The van der Waals surface area contributed by atoms with E-state index in [0.717, 1.165) is 0 Å². The predicted octanol–water partition coefficient (Wildman–Crippen LogP) is 1.24. The molecule has 0 aromatic heterocycles. The Balaban J connectivity index is 1.98. The molecule has 1 amide bonds. The number of carbonyl (C=O) groups excluding carboxylic acids is 1. The Morgan fingerprint density at radius 2 is 2.10 bits per heavy atom. The lowest BCUT2D eigenvalue weighted by Crippen LogP contribution is -2.57. The highest BCUT2D eigenvalue weighted by molar-refractivity contribution is 6.74. The molecule has 0 aromatic rings. The molecule has 2 heterocycles. The number of aliphatic hydroxyl groups is 1. The molecule has 0 aliphatic carbocycles. The molecule has 2 aliphatic rings. The number of ether oxygens (including phenoxy) is 2. The van der Waals surface area contributed by atoms with Crippen molar-refractivity contribution in [1.82, 2.24) is 5.32 Å². The molecule has 2 aliphatic heterocycles. The van der Waals surface area contributed by atoms with E-state index in [2.05, 4.69) is 39.2 Å². The van der Waals surface area contributed by atoms with E-state index in [4.69, 9.17) is 13.9 Å². The number of fused-ring (bicyclic) bond motifs is 1. The minimum Gasteiger partial charge on any atom is -0.441 e. The van der Waals surface area contributed by atoms with Gasteiger partial charge in [0.25, 0.3) is 0 Å². The van der Waals surface area contributed by atoms with Crippen LogP contribution in [0.1, 0.15) is 20.8 Å². The summed E-state index contributed by atoms with van der Waals surface area (Å²) in [5.74, 6) is 0. The number of alkyl carbamates (subject to hydrolysis) is 1. The van der Waals surface area contributed by atoms with E-state index < -0.39 is 32.7 Å². The molecule has 2 saturated heterocycles. The summed E-state index contributed by atoms with van der Waals surface area (Å²) < 4.78 is 16.9. The molecule has 2 rings (SSSR count). The van der Waals surface area contributed by atoms with Crippen LogP contribution in [-0.2, 0) is 13.9 Å². The standard InChI is InChI=1S/C13H25NO5Si/c1-13(2,3)20(4,5)18-7-9-11-10(8(15)6-17-9)14-12(16)19-11/h8-11,15H,6-7H2,1-5H3,(H,14,16)/t8-,9-,10-,11+/m1/s1. The second-order valence-corrected chi connectivity index (χ2v) is 11.9. The quantitative estimate of drug-likeness (QED) is 0.767. The minimum atomic E-state index is -1.87. The summed E-state index contributed by atoms with van der Waals surface area (Å²) in [4.78, 5) is 11.3. The van der Waals surface area contributed by atoms with Crippen molar-refractivity contribution in [3.05, 3.63) is 0 Å². The molecule has 116 valence electrons.